The zero-order valence-corrected chi connectivity index (χ0v) is 13.3. The molecule has 3 rings (SSSR count). The summed E-state index contributed by atoms with van der Waals surface area (Å²) in [5.74, 6) is 1.23. The van der Waals surface area contributed by atoms with Gasteiger partial charge in [-0.3, -0.25) is 4.98 Å². The van der Waals surface area contributed by atoms with Crippen LogP contribution in [0, 0.1) is 6.92 Å². The fraction of sp³-hybridized carbons (Fsp3) is 0.312. The normalized spacial score (nSPS) is 11.1. The summed E-state index contributed by atoms with van der Waals surface area (Å²) in [7, 11) is 3.93. The minimum atomic E-state index is 0.443. The number of hydrogen-bond acceptors (Lipinski definition) is 5. The van der Waals surface area contributed by atoms with Gasteiger partial charge < -0.3 is 15.2 Å². The molecule has 0 saturated heterocycles. The topological polar surface area (TPSA) is 72.9 Å². The van der Waals surface area contributed by atoms with Crippen LogP contribution in [-0.2, 0) is 13.5 Å². The van der Waals surface area contributed by atoms with E-state index in [9.17, 15) is 0 Å². The molecule has 3 aromatic heterocycles. The Kier molecular flexibility index (Phi) is 3.44. The minimum absolute atomic E-state index is 0.443. The van der Waals surface area contributed by atoms with Gasteiger partial charge in [-0.1, -0.05) is 6.92 Å². The maximum Gasteiger partial charge on any atom is 0.154 e. The Labute approximate surface area is 129 Å². The fourth-order valence-electron chi connectivity index (χ4n) is 2.63. The zero-order chi connectivity index (χ0) is 15.9. The third-order valence-electron chi connectivity index (χ3n) is 3.91. The van der Waals surface area contributed by atoms with Crippen LogP contribution in [0.25, 0.3) is 11.0 Å². The van der Waals surface area contributed by atoms with E-state index in [4.69, 9.17) is 5.73 Å². The van der Waals surface area contributed by atoms with Crippen LogP contribution in [0.3, 0.4) is 0 Å². The maximum absolute atomic E-state index is 6.05. The summed E-state index contributed by atoms with van der Waals surface area (Å²) >= 11 is 0. The maximum atomic E-state index is 6.05. The molecule has 0 fully saturated rings. The first kappa shape index (κ1) is 14.3. The van der Waals surface area contributed by atoms with E-state index in [-0.39, 0.29) is 0 Å². The molecule has 0 aliphatic carbocycles. The van der Waals surface area contributed by atoms with Crippen molar-refractivity contribution in [3.05, 3.63) is 35.9 Å². The van der Waals surface area contributed by atoms with E-state index in [2.05, 4.69) is 27.9 Å². The summed E-state index contributed by atoms with van der Waals surface area (Å²) in [4.78, 5) is 15.2. The van der Waals surface area contributed by atoms with Crippen LogP contribution in [0.5, 0.6) is 0 Å². The summed E-state index contributed by atoms with van der Waals surface area (Å²) in [6.07, 6.45) is 4.57. The van der Waals surface area contributed by atoms with E-state index in [1.54, 1.807) is 6.33 Å². The van der Waals surface area contributed by atoms with Gasteiger partial charge in [-0.15, -0.1) is 0 Å². The molecule has 2 N–H and O–H groups in total. The molecular weight excluding hydrogens is 276 g/mol. The molecular formula is C16H20N6. The van der Waals surface area contributed by atoms with Crippen LogP contribution in [-0.4, -0.2) is 26.6 Å². The number of hydrogen-bond donors (Lipinski definition) is 1. The Morgan fingerprint density at radius 3 is 2.77 bits per heavy atom. The lowest BCUT2D eigenvalue weighted by Crippen LogP contribution is -2.15. The van der Waals surface area contributed by atoms with Crippen LogP contribution in [0.15, 0.2) is 24.7 Å². The van der Waals surface area contributed by atoms with E-state index in [1.807, 2.05) is 42.7 Å². The largest absolute Gasteiger partial charge is 0.382 e. The molecule has 0 bridgehead atoms. The van der Waals surface area contributed by atoms with Gasteiger partial charge in [0.2, 0.25) is 0 Å². The van der Waals surface area contributed by atoms with Crippen molar-refractivity contribution in [2.45, 2.75) is 20.3 Å². The number of anilines is 3. The Balaban J connectivity index is 2.12. The highest BCUT2D eigenvalue weighted by Gasteiger charge is 2.14. The van der Waals surface area contributed by atoms with Gasteiger partial charge in [0.25, 0.3) is 0 Å². The molecule has 0 radical (unpaired) electrons. The molecule has 0 aromatic carbocycles. The number of pyridine rings is 2. The second-order valence-electron chi connectivity index (χ2n) is 5.46. The van der Waals surface area contributed by atoms with Gasteiger partial charge in [-0.05, 0) is 25.0 Å². The SMILES string of the molecule is CCc1cc(C)ncc1N(C)c1cc2c(ncn2C)c(N)n1. The fourth-order valence-corrected chi connectivity index (χ4v) is 2.63. The number of imidazole rings is 1. The van der Waals surface area contributed by atoms with Gasteiger partial charge in [-0.2, -0.15) is 0 Å². The molecule has 114 valence electrons. The molecule has 0 aliphatic rings. The molecule has 3 aromatic rings. The minimum Gasteiger partial charge on any atom is -0.382 e. The average Bonchev–Trinajstić information content (AvgIpc) is 2.88. The van der Waals surface area contributed by atoms with Crippen molar-refractivity contribution in [2.24, 2.45) is 7.05 Å². The molecule has 6 nitrogen and oxygen atoms in total. The van der Waals surface area contributed by atoms with Crippen molar-refractivity contribution >= 4 is 28.4 Å². The molecule has 6 heteroatoms. The lowest BCUT2D eigenvalue weighted by atomic mass is 10.1. The zero-order valence-electron chi connectivity index (χ0n) is 13.3. The molecule has 0 spiro atoms. The van der Waals surface area contributed by atoms with Crippen molar-refractivity contribution in [1.82, 2.24) is 19.5 Å². The van der Waals surface area contributed by atoms with Gasteiger partial charge in [-0.25, -0.2) is 9.97 Å². The molecule has 0 atom stereocenters. The summed E-state index contributed by atoms with van der Waals surface area (Å²) in [5, 5.41) is 0. The smallest absolute Gasteiger partial charge is 0.154 e. The van der Waals surface area contributed by atoms with Crippen molar-refractivity contribution < 1.29 is 0 Å². The number of nitrogens with two attached hydrogens (primary N) is 1. The third kappa shape index (κ3) is 2.26. The Morgan fingerprint density at radius 2 is 2.05 bits per heavy atom. The number of fused-ring (bicyclic) bond motifs is 1. The Hall–Kier alpha value is -2.63. The first-order chi connectivity index (χ1) is 10.5. The number of aromatic nitrogens is 4. The van der Waals surface area contributed by atoms with Gasteiger partial charge in [0.05, 0.1) is 23.7 Å². The molecule has 3 heterocycles. The molecule has 22 heavy (non-hydrogen) atoms. The van der Waals surface area contributed by atoms with Gasteiger partial charge in [0.15, 0.2) is 5.82 Å². The highest BCUT2D eigenvalue weighted by atomic mass is 15.2. The number of aryl methyl sites for hydroxylation is 3. The lowest BCUT2D eigenvalue weighted by molar-refractivity contribution is 0.946. The quantitative estimate of drug-likeness (QED) is 0.804. The summed E-state index contributed by atoms with van der Waals surface area (Å²) < 4.78 is 1.94. The average molecular weight is 296 g/mol. The van der Waals surface area contributed by atoms with Crippen LogP contribution in [0.1, 0.15) is 18.2 Å². The van der Waals surface area contributed by atoms with E-state index < -0.39 is 0 Å². The van der Waals surface area contributed by atoms with E-state index in [0.717, 1.165) is 34.7 Å². The van der Waals surface area contributed by atoms with E-state index in [0.29, 0.717) is 5.82 Å². The van der Waals surface area contributed by atoms with Crippen LogP contribution < -0.4 is 10.6 Å². The molecule has 0 saturated carbocycles. The first-order valence-corrected chi connectivity index (χ1v) is 7.28. The first-order valence-electron chi connectivity index (χ1n) is 7.28. The van der Waals surface area contributed by atoms with Gasteiger partial charge >= 0.3 is 0 Å². The van der Waals surface area contributed by atoms with Crippen molar-refractivity contribution in [2.75, 3.05) is 17.7 Å². The third-order valence-corrected chi connectivity index (χ3v) is 3.91. The van der Waals surface area contributed by atoms with Gasteiger partial charge in [0.1, 0.15) is 11.3 Å². The monoisotopic (exact) mass is 296 g/mol. The second-order valence-corrected chi connectivity index (χ2v) is 5.46. The van der Waals surface area contributed by atoms with Crippen molar-refractivity contribution in [3.8, 4) is 0 Å². The van der Waals surface area contributed by atoms with Crippen LogP contribution in [0.4, 0.5) is 17.3 Å². The van der Waals surface area contributed by atoms with Gasteiger partial charge in [0, 0.05) is 25.9 Å². The second kappa shape index (κ2) is 5.29. The van der Waals surface area contributed by atoms with E-state index >= 15 is 0 Å². The lowest BCUT2D eigenvalue weighted by Gasteiger charge is -2.21. The highest BCUT2D eigenvalue weighted by Crippen LogP contribution is 2.29. The van der Waals surface area contributed by atoms with Crippen LogP contribution in [0.2, 0.25) is 0 Å². The molecule has 0 amide bonds. The predicted molar refractivity (Wildman–Crippen MR) is 89.3 cm³/mol. The standard InChI is InChI=1S/C16H20N6/c1-5-11-6-10(2)18-8-13(11)22(4)14-7-12-15(16(17)20-14)19-9-21(12)3/h6-9H,5H2,1-4H3,(H2,17,20). The number of rotatable bonds is 3. The van der Waals surface area contributed by atoms with Crippen molar-refractivity contribution in [1.29, 1.82) is 0 Å². The summed E-state index contributed by atoms with van der Waals surface area (Å²) in [6.45, 7) is 4.14. The highest BCUT2D eigenvalue weighted by molar-refractivity contribution is 5.88. The summed E-state index contributed by atoms with van der Waals surface area (Å²) in [6, 6.07) is 4.11. The number of nitrogen functional groups attached to an aromatic ring is 1. The van der Waals surface area contributed by atoms with Crippen molar-refractivity contribution in [3.63, 3.8) is 0 Å². The molecule has 0 aliphatic heterocycles. The van der Waals surface area contributed by atoms with Crippen LogP contribution >= 0.6 is 0 Å². The predicted octanol–water partition coefficient (Wildman–Crippen LogP) is 2.58. The Morgan fingerprint density at radius 1 is 1.27 bits per heavy atom. The Bertz CT molecular complexity index is 836. The summed E-state index contributed by atoms with van der Waals surface area (Å²) in [5.41, 5.74) is 11.0. The van der Waals surface area contributed by atoms with E-state index in [1.165, 1.54) is 5.56 Å². The molecule has 0 unspecified atom stereocenters. The number of nitrogens with zero attached hydrogens (tertiary/aromatic N) is 5.